The summed E-state index contributed by atoms with van der Waals surface area (Å²) in [6.07, 6.45) is 3.50. The second kappa shape index (κ2) is 3.31. The van der Waals surface area contributed by atoms with E-state index in [-0.39, 0.29) is 0 Å². The number of nitrogens with one attached hydrogen (secondary N) is 1. The first-order chi connectivity index (χ1) is 7.75. The summed E-state index contributed by atoms with van der Waals surface area (Å²) in [5.74, 6) is 0.541. The molecule has 1 aliphatic rings. The van der Waals surface area contributed by atoms with E-state index in [0.717, 1.165) is 24.4 Å². The third kappa shape index (κ3) is 1.29. The highest BCUT2D eigenvalue weighted by molar-refractivity contribution is 5.88. The van der Waals surface area contributed by atoms with Crippen LogP contribution in [0.3, 0.4) is 0 Å². The van der Waals surface area contributed by atoms with Crippen molar-refractivity contribution in [1.82, 2.24) is 14.7 Å². The van der Waals surface area contributed by atoms with Gasteiger partial charge in [0, 0.05) is 25.2 Å². The van der Waals surface area contributed by atoms with Gasteiger partial charge in [-0.1, -0.05) is 0 Å². The smallest absolute Gasteiger partial charge is 0.335 e. The largest absolute Gasteiger partial charge is 0.478 e. The Morgan fingerprint density at radius 1 is 1.56 bits per heavy atom. The van der Waals surface area contributed by atoms with E-state index >= 15 is 0 Å². The van der Waals surface area contributed by atoms with Gasteiger partial charge in [0.1, 0.15) is 5.82 Å². The van der Waals surface area contributed by atoms with Gasteiger partial charge in [-0.15, -0.1) is 0 Å². The van der Waals surface area contributed by atoms with Gasteiger partial charge in [0.2, 0.25) is 0 Å². The maximum atomic E-state index is 10.8. The number of fused-ring (bicyclic) bond motifs is 1. The maximum absolute atomic E-state index is 10.8. The molecule has 5 nitrogen and oxygen atoms in total. The Morgan fingerprint density at radius 3 is 3.00 bits per heavy atom. The van der Waals surface area contributed by atoms with E-state index in [2.05, 4.69) is 10.3 Å². The molecule has 2 aromatic heterocycles. The minimum atomic E-state index is -0.907. The van der Waals surface area contributed by atoms with Gasteiger partial charge in [0.05, 0.1) is 17.3 Å². The fourth-order valence-electron chi connectivity index (χ4n) is 1.93. The summed E-state index contributed by atoms with van der Waals surface area (Å²) < 4.78 is 1.96. The van der Waals surface area contributed by atoms with Gasteiger partial charge in [-0.3, -0.25) is 0 Å². The number of carboxylic acid groups (broad SMARTS) is 1. The zero-order chi connectivity index (χ0) is 11.1. The van der Waals surface area contributed by atoms with Crippen LogP contribution in [0.2, 0.25) is 0 Å². The molecule has 0 radical (unpaired) electrons. The van der Waals surface area contributed by atoms with Gasteiger partial charge >= 0.3 is 5.97 Å². The molecule has 0 aromatic carbocycles. The number of pyridine rings is 1. The van der Waals surface area contributed by atoms with Crippen LogP contribution in [0.25, 0.3) is 5.52 Å². The van der Waals surface area contributed by atoms with E-state index in [4.69, 9.17) is 5.11 Å². The van der Waals surface area contributed by atoms with Crippen LogP contribution in [0.5, 0.6) is 0 Å². The van der Waals surface area contributed by atoms with Crippen molar-refractivity contribution in [3.8, 4) is 0 Å². The van der Waals surface area contributed by atoms with Gasteiger partial charge in [0.25, 0.3) is 0 Å². The van der Waals surface area contributed by atoms with Crippen LogP contribution in [-0.2, 0) is 0 Å². The van der Waals surface area contributed by atoms with E-state index in [1.807, 2.05) is 4.40 Å². The highest BCUT2D eigenvalue weighted by atomic mass is 16.4. The molecule has 1 aliphatic heterocycles. The Labute approximate surface area is 91.7 Å². The Hall–Kier alpha value is -1.88. The molecule has 0 amide bonds. The van der Waals surface area contributed by atoms with Gasteiger partial charge in [-0.05, 0) is 12.1 Å². The van der Waals surface area contributed by atoms with Crippen molar-refractivity contribution in [2.75, 3.05) is 13.1 Å². The zero-order valence-electron chi connectivity index (χ0n) is 8.55. The molecule has 0 spiro atoms. The highest BCUT2D eigenvalue weighted by Crippen LogP contribution is 2.20. The molecule has 82 valence electrons. The lowest BCUT2D eigenvalue weighted by Gasteiger charge is -2.25. The molecule has 3 rings (SSSR count). The molecule has 16 heavy (non-hydrogen) atoms. The molecule has 3 heterocycles. The summed E-state index contributed by atoms with van der Waals surface area (Å²) in [6.45, 7) is 1.89. The van der Waals surface area contributed by atoms with Crippen molar-refractivity contribution in [3.05, 3.63) is 35.9 Å². The number of carbonyl (C=O) groups is 1. The normalized spacial score (nSPS) is 16.2. The fraction of sp³-hybridized carbons (Fsp3) is 0.273. The van der Waals surface area contributed by atoms with E-state index < -0.39 is 5.97 Å². The first-order valence-electron chi connectivity index (χ1n) is 5.17. The van der Waals surface area contributed by atoms with Crippen LogP contribution in [-0.4, -0.2) is 33.6 Å². The average molecular weight is 217 g/mol. The highest BCUT2D eigenvalue weighted by Gasteiger charge is 2.23. The molecule has 5 heteroatoms. The Kier molecular flexibility index (Phi) is 1.94. The zero-order valence-corrected chi connectivity index (χ0v) is 8.55. The Bertz CT molecular complexity index is 557. The standard InChI is InChI=1S/C11H11N3O2/c15-11(16)7-1-2-14-9(3-7)6-13-10(14)8-4-12-5-8/h1-3,6,8,12H,4-5H2,(H,15,16). The Morgan fingerprint density at radius 2 is 2.38 bits per heavy atom. The first-order valence-corrected chi connectivity index (χ1v) is 5.17. The number of hydrogen-bond donors (Lipinski definition) is 2. The van der Waals surface area contributed by atoms with Crippen molar-refractivity contribution in [3.63, 3.8) is 0 Å². The number of imidazole rings is 1. The first kappa shape index (κ1) is 9.35. The quantitative estimate of drug-likeness (QED) is 0.777. The van der Waals surface area contributed by atoms with Crippen LogP contribution in [0.15, 0.2) is 24.5 Å². The van der Waals surface area contributed by atoms with Crippen LogP contribution in [0.1, 0.15) is 22.1 Å². The lowest BCUT2D eigenvalue weighted by Crippen LogP contribution is -2.40. The molecule has 0 unspecified atom stereocenters. The predicted octanol–water partition coefficient (Wildman–Crippen LogP) is 0.719. The number of hydrogen-bond acceptors (Lipinski definition) is 3. The lowest BCUT2D eigenvalue weighted by molar-refractivity contribution is 0.0697. The topological polar surface area (TPSA) is 66.6 Å². The molecule has 0 bridgehead atoms. The molecular weight excluding hydrogens is 206 g/mol. The molecule has 2 aromatic rings. The lowest BCUT2D eigenvalue weighted by atomic mass is 10.0. The molecule has 1 fully saturated rings. The van der Waals surface area contributed by atoms with Crippen molar-refractivity contribution in [1.29, 1.82) is 0 Å². The molecule has 1 saturated heterocycles. The number of nitrogens with zero attached hydrogens (tertiary/aromatic N) is 2. The van der Waals surface area contributed by atoms with Gasteiger partial charge in [0.15, 0.2) is 0 Å². The summed E-state index contributed by atoms with van der Waals surface area (Å²) in [4.78, 5) is 15.2. The van der Waals surface area contributed by atoms with Crippen LogP contribution < -0.4 is 5.32 Å². The summed E-state index contributed by atoms with van der Waals surface area (Å²) in [5.41, 5.74) is 1.13. The monoisotopic (exact) mass is 217 g/mol. The van der Waals surface area contributed by atoms with Crippen LogP contribution in [0.4, 0.5) is 0 Å². The third-order valence-electron chi connectivity index (χ3n) is 2.95. The molecule has 0 aliphatic carbocycles. The summed E-state index contributed by atoms with van der Waals surface area (Å²) in [5, 5.41) is 12.1. The predicted molar refractivity (Wildman–Crippen MR) is 57.8 cm³/mol. The van der Waals surface area contributed by atoms with Gasteiger partial charge in [-0.2, -0.15) is 0 Å². The van der Waals surface area contributed by atoms with Crippen molar-refractivity contribution >= 4 is 11.5 Å². The van der Waals surface area contributed by atoms with E-state index in [0.29, 0.717) is 11.5 Å². The number of aromatic nitrogens is 2. The summed E-state index contributed by atoms with van der Waals surface area (Å²) in [6, 6.07) is 3.25. The van der Waals surface area contributed by atoms with E-state index in [9.17, 15) is 4.79 Å². The van der Waals surface area contributed by atoms with E-state index in [1.54, 1.807) is 24.5 Å². The van der Waals surface area contributed by atoms with E-state index in [1.165, 1.54) is 0 Å². The second-order valence-corrected chi connectivity index (χ2v) is 3.99. The SMILES string of the molecule is O=C(O)c1ccn2c(C3CNC3)ncc2c1. The fourth-order valence-corrected chi connectivity index (χ4v) is 1.93. The molecule has 0 saturated carbocycles. The Balaban J connectivity index is 2.10. The maximum Gasteiger partial charge on any atom is 0.335 e. The van der Waals surface area contributed by atoms with Crippen molar-refractivity contribution in [2.24, 2.45) is 0 Å². The van der Waals surface area contributed by atoms with Gasteiger partial charge < -0.3 is 14.8 Å². The number of carboxylic acids is 1. The molecule has 2 N–H and O–H groups in total. The minimum Gasteiger partial charge on any atom is -0.478 e. The van der Waals surface area contributed by atoms with Crippen LogP contribution >= 0.6 is 0 Å². The number of rotatable bonds is 2. The third-order valence-corrected chi connectivity index (χ3v) is 2.95. The molecular formula is C11H11N3O2. The second-order valence-electron chi connectivity index (χ2n) is 3.99. The number of aromatic carboxylic acids is 1. The van der Waals surface area contributed by atoms with Crippen molar-refractivity contribution in [2.45, 2.75) is 5.92 Å². The minimum absolute atomic E-state index is 0.297. The van der Waals surface area contributed by atoms with Gasteiger partial charge in [-0.25, -0.2) is 9.78 Å². The summed E-state index contributed by atoms with van der Waals surface area (Å²) in [7, 11) is 0. The average Bonchev–Trinajstić information content (AvgIpc) is 2.59. The van der Waals surface area contributed by atoms with Crippen molar-refractivity contribution < 1.29 is 9.90 Å². The van der Waals surface area contributed by atoms with Crippen LogP contribution in [0, 0.1) is 0 Å². The summed E-state index contributed by atoms with van der Waals surface area (Å²) >= 11 is 0. The molecule has 0 atom stereocenters.